The molecule has 0 atom stereocenters. The topological polar surface area (TPSA) is 34.1 Å². The molecule has 6 heteroatoms. The number of benzene rings is 1. The number of ether oxygens (including phenoxy) is 1. The molecule has 1 saturated heterocycles. The third-order valence-electron chi connectivity index (χ3n) is 3.66. The van der Waals surface area contributed by atoms with E-state index < -0.39 is 0 Å². The molecule has 0 spiro atoms. The second-order valence-corrected chi connectivity index (χ2v) is 5.83. The predicted molar refractivity (Wildman–Crippen MR) is 89.2 cm³/mol. The van der Waals surface area contributed by atoms with Crippen LogP contribution in [-0.2, 0) is 0 Å². The van der Waals surface area contributed by atoms with E-state index in [4.69, 9.17) is 4.74 Å². The summed E-state index contributed by atoms with van der Waals surface area (Å²) in [6, 6.07) is 4.90. The lowest BCUT2D eigenvalue weighted by Gasteiger charge is -2.20. The first-order chi connectivity index (χ1) is 9.78. The van der Waals surface area contributed by atoms with Gasteiger partial charge in [0.1, 0.15) is 11.6 Å². The Kier molecular flexibility index (Phi) is 5.72. The lowest BCUT2D eigenvalue weighted by molar-refractivity contribution is 0.411. The minimum atomic E-state index is -0.286. The van der Waals surface area contributed by atoms with E-state index in [1.807, 2.05) is 5.38 Å². The summed E-state index contributed by atoms with van der Waals surface area (Å²) in [6.07, 6.45) is 2.22. The van der Waals surface area contributed by atoms with Gasteiger partial charge in [-0.05, 0) is 38.1 Å². The van der Waals surface area contributed by atoms with Crippen molar-refractivity contribution in [2.45, 2.75) is 18.8 Å². The van der Waals surface area contributed by atoms with Gasteiger partial charge in [-0.2, -0.15) is 0 Å². The molecule has 0 bridgehead atoms. The van der Waals surface area contributed by atoms with Gasteiger partial charge < -0.3 is 10.1 Å². The number of nitrogens with zero attached hydrogens (tertiary/aromatic N) is 1. The number of nitrogens with one attached hydrogen (secondary N) is 1. The number of piperidine rings is 1. The van der Waals surface area contributed by atoms with Crippen molar-refractivity contribution in [2.24, 2.45) is 0 Å². The summed E-state index contributed by atoms with van der Waals surface area (Å²) in [4.78, 5) is 4.63. The highest BCUT2D eigenvalue weighted by molar-refractivity contribution is 8.93. The van der Waals surface area contributed by atoms with Gasteiger partial charge >= 0.3 is 0 Å². The minimum absolute atomic E-state index is 0. The Morgan fingerprint density at radius 1 is 1.33 bits per heavy atom. The largest absolute Gasteiger partial charge is 0.497 e. The third-order valence-corrected chi connectivity index (χ3v) is 4.67. The molecule has 1 N–H and O–H groups in total. The molecule has 3 nitrogen and oxygen atoms in total. The fourth-order valence-electron chi connectivity index (χ4n) is 2.50. The van der Waals surface area contributed by atoms with Gasteiger partial charge in [0, 0.05) is 22.9 Å². The molecule has 0 aliphatic carbocycles. The van der Waals surface area contributed by atoms with Gasteiger partial charge in [-0.3, -0.25) is 0 Å². The van der Waals surface area contributed by atoms with Crippen LogP contribution in [0.5, 0.6) is 5.75 Å². The number of hydrogen-bond donors (Lipinski definition) is 1. The van der Waals surface area contributed by atoms with Gasteiger partial charge in [-0.1, -0.05) is 0 Å². The maximum Gasteiger partial charge on any atom is 0.136 e. The molecular weight excluding hydrogens is 355 g/mol. The molecule has 1 aliphatic heterocycles. The zero-order valence-corrected chi connectivity index (χ0v) is 14.3. The van der Waals surface area contributed by atoms with Crippen LogP contribution in [-0.4, -0.2) is 25.2 Å². The van der Waals surface area contributed by atoms with Crippen molar-refractivity contribution < 1.29 is 9.13 Å². The van der Waals surface area contributed by atoms with Crippen molar-refractivity contribution in [3.05, 3.63) is 34.4 Å². The molecule has 0 radical (unpaired) electrons. The van der Waals surface area contributed by atoms with Crippen LogP contribution < -0.4 is 10.1 Å². The van der Waals surface area contributed by atoms with Crippen molar-refractivity contribution in [2.75, 3.05) is 20.2 Å². The number of hydrogen-bond acceptors (Lipinski definition) is 4. The molecule has 3 rings (SSSR count). The second-order valence-electron chi connectivity index (χ2n) is 4.94. The van der Waals surface area contributed by atoms with Gasteiger partial charge in [0.05, 0.1) is 17.8 Å². The molecule has 0 amide bonds. The van der Waals surface area contributed by atoms with Crippen LogP contribution in [0.2, 0.25) is 0 Å². The van der Waals surface area contributed by atoms with E-state index in [2.05, 4.69) is 10.3 Å². The normalized spacial score (nSPS) is 15.5. The van der Waals surface area contributed by atoms with Crippen LogP contribution in [0.15, 0.2) is 23.6 Å². The van der Waals surface area contributed by atoms with E-state index in [-0.39, 0.29) is 22.8 Å². The standard InChI is InChI=1S/C15H17FN2OS.BrH/c1-19-11-2-3-12(13(16)8-11)14-9-20-15(18-14)10-4-6-17-7-5-10;/h2-3,8-10,17H,4-7H2,1H3;1H. The fraction of sp³-hybridized carbons (Fsp3) is 0.400. The van der Waals surface area contributed by atoms with E-state index in [1.165, 1.54) is 13.2 Å². The average molecular weight is 373 g/mol. The maximum absolute atomic E-state index is 14.0. The molecule has 0 saturated carbocycles. The second kappa shape index (κ2) is 7.33. The third kappa shape index (κ3) is 3.62. The number of thiazole rings is 1. The van der Waals surface area contributed by atoms with Gasteiger partial charge in [-0.25, -0.2) is 9.37 Å². The van der Waals surface area contributed by atoms with Crippen molar-refractivity contribution in [3.63, 3.8) is 0 Å². The summed E-state index contributed by atoms with van der Waals surface area (Å²) in [7, 11) is 1.53. The number of halogens is 2. The van der Waals surface area contributed by atoms with Crippen LogP contribution in [0.4, 0.5) is 4.39 Å². The number of aromatic nitrogens is 1. The van der Waals surface area contributed by atoms with E-state index in [1.54, 1.807) is 23.5 Å². The lowest BCUT2D eigenvalue weighted by Crippen LogP contribution is -2.26. The van der Waals surface area contributed by atoms with E-state index in [0.29, 0.717) is 17.2 Å². The number of rotatable bonds is 3. The van der Waals surface area contributed by atoms with Crippen molar-refractivity contribution >= 4 is 28.3 Å². The summed E-state index contributed by atoms with van der Waals surface area (Å²) in [5.41, 5.74) is 1.27. The first-order valence-corrected chi connectivity index (χ1v) is 7.66. The molecule has 21 heavy (non-hydrogen) atoms. The molecule has 1 fully saturated rings. The van der Waals surface area contributed by atoms with Crippen LogP contribution >= 0.6 is 28.3 Å². The molecule has 2 heterocycles. The van der Waals surface area contributed by atoms with Crippen molar-refractivity contribution in [1.82, 2.24) is 10.3 Å². The minimum Gasteiger partial charge on any atom is -0.497 e. The Hall–Kier alpha value is -0.980. The van der Waals surface area contributed by atoms with E-state index in [9.17, 15) is 4.39 Å². The fourth-order valence-corrected chi connectivity index (χ4v) is 3.49. The van der Waals surface area contributed by atoms with E-state index >= 15 is 0 Å². The zero-order chi connectivity index (χ0) is 13.9. The Balaban J connectivity index is 0.00000161. The molecule has 0 unspecified atom stereocenters. The molecule has 114 valence electrons. The monoisotopic (exact) mass is 372 g/mol. The van der Waals surface area contributed by atoms with Gasteiger partial charge in [0.25, 0.3) is 0 Å². The van der Waals surface area contributed by atoms with Gasteiger partial charge in [-0.15, -0.1) is 28.3 Å². The van der Waals surface area contributed by atoms with Crippen LogP contribution in [0.3, 0.4) is 0 Å². The van der Waals surface area contributed by atoms with Gasteiger partial charge in [0.2, 0.25) is 0 Å². The zero-order valence-electron chi connectivity index (χ0n) is 11.8. The number of methoxy groups -OCH3 is 1. The van der Waals surface area contributed by atoms with Crippen LogP contribution in [0, 0.1) is 5.82 Å². The molecule has 1 aromatic heterocycles. The first kappa shape index (κ1) is 16.4. The van der Waals surface area contributed by atoms with Crippen LogP contribution in [0.25, 0.3) is 11.3 Å². The predicted octanol–water partition coefficient (Wildman–Crippen LogP) is 4.00. The Morgan fingerprint density at radius 3 is 2.76 bits per heavy atom. The summed E-state index contributed by atoms with van der Waals surface area (Å²) in [5.74, 6) is 0.753. The summed E-state index contributed by atoms with van der Waals surface area (Å²) < 4.78 is 19.1. The van der Waals surface area contributed by atoms with Crippen molar-refractivity contribution in [1.29, 1.82) is 0 Å². The van der Waals surface area contributed by atoms with Crippen molar-refractivity contribution in [3.8, 4) is 17.0 Å². The van der Waals surface area contributed by atoms with Gasteiger partial charge in [0.15, 0.2) is 0 Å². The quantitative estimate of drug-likeness (QED) is 0.883. The molecular formula is C15H18BrFN2OS. The SMILES string of the molecule is Br.COc1ccc(-c2csc(C3CCNCC3)n2)c(F)c1. The summed E-state index contributed by atoms with van der Waals surface area (Å²) in [6.45, 7) is 2.08. The molecule has 1 aliphatic rings. The van der Waals surface area contributed by atoms with E-state index in [0.717, 1.165) is 36.6 Å². The highest BCUT2D eigenvalue weighted by Gasteiger charge is 2.19. The molecule has 2 aromatic rings. The Morgan fingerprint density at radius 2 is 2.10 bits per heavy atom. The highest BCUT2D eigenvalue weighted by atomic mass is 79.9. The Bertz CT molecular complexity index is 599. The maximum atomic E-state index is 14.0. The Labute approximate surface area is 138 Å². The smallest absolute Gasteiger partial charge is 0.136 e. The lowest BCUT2D eigenvalue weighted by atomic mass is 9.99. The summed E-state index contributed by atoms with van der Waals surface area (Å²) in [5, 5.41) is 6.42. The average Bonchev–Trinajstić information content (AvgIpc) is 2.97. The first-order valence-electron chi connectivity index (χ1n) is 6.78. The highest BCUT2D eigenvalue weighted by Crippen LogP contribution is 2.32. The van der Waals surface area contributed by atoms with Crippen LogP contribution in [0.1, 0.15) is 23.8 Å². The molecule has 1 aromatic carbocycles. The summed E-state index contributed by atoms with van der Waals surface area (Å²) >= 11 is 1.63.